The predicted molar refractivity (Wildman–Crippen MR) is 63.6 cm³/mol. The van der Waals surface area contributed by atoms with E-state index in [0.29, 0.717) is 30.5 Å². The van der Waals surface area contributed by atoms with Crippen LogP contribution in [-0.2, 0) is 4.79 Å². The second kappa shape index (κ2) is 4.31. The molecule has 0 aromatic heterocycles. The number of carbonyl (C=O) groups is 2. The largest absolute Gasteiger partial charge is 0.325 e. The summed E-state index contributed by atoms with van der Waals surface area (Å²) in [4.78, 5) is 27.6. The molecule has 4 nitrogen and oxygen atoms in total. The molecular weight excluding hydrogens is 216 g/mol. The first-order chi connectivity index (χ1) is 8.24. The second-order valence-corrected chi connectivity index (χ2v) is 5.70. The van der Waals surface area contributed by atoms with Crippen LogP contribution in [0.25, 0.3) is 0 Å². The Balaban J connectivity index is 1.59. The summed E-state index contributed by atoms with van der Waals surface area (Å²) in [7, 11) is 0. The maximum absolute atomic E-state index is 12.3. The molecule has 2 amide bonds. The Morgan fingerprint density at radius 2 is 1.53 bits per heavy atom. The number of fused-ring (bicyclic) bond motifs is 1. The van der Waals surface area contributed by atoms with E-state index in [1.807, 2.05) is 9.80 Å². The molecule has 2 unspecified atom stereocenters. The normalized spacial score (nSPS) is 33.1. The zero-order valence-corrected chi connectivity index (χ0v) is 10.2. The van der Waals surface area contributed by atoms with E-state index >= 15 is 0 Å². The summed E-state index contributed by atoms with van der Waals surface area (Å²) >= 11 is 0. The zero-order chi connectivity index (χ0) is 11.8. The molecule has 94 valence electrons. The standard InChI is InChI=1S/C13H20N2O2/c16-12-6-10-8-15(9-11(10)7-12)13(17)14-4-2-1-3-5-14/h10-11H,1-9H2. The molecule has 2 aliphatic heterocycles. The van der Waals surface area contributed by atoms with Crippen molar-refractivity contribution >= 4 is 11.8 Å². The van der Waals surface area contributed by atoms with Crippen LogP contribution in [0.5, 0.6) is 0 Å². The molecule has 2 heterocycles. The summed E-state index contributed by atoms with van der Waals surface area (Å²) < 4.78 is 0. The lowest BCUT2D eigenvalue weighted by atomic mass is 10.0. The number of carbonyl (C=O) groups excluding carboxylic acids is 2. The SMILES string of the molecule is O=C1CC2CN(C(=O)N3CCCCC3)CC2C1. The molecule has 3 fully saturated rings. The molecule has 17 heavy (non-hydrogen) atoms. The van der Waals surface area contributed by atoms with Gasteiger partial charge in [-0.15, -0.1) is 0 Å². The van der Waals surface area contributed by atoms with Gasteiger partial charge in [-0.05, 0) is 31.1 Å². The number of ketones is 1. The molecule has 0 N–H and O–H groups in total. The van der Waals surface area contributed by atoms with Gasteiger partial charge in [-0.1, -0.05) is 0 Å². The lowest BCUT2D eigenvalue weighted by molar-refractivity contribution is -0.117. The fraction of sp³-hybridized carbons (Fsp3) is 0.846. The molecule has 0 aromatic carbocycles. The third-order valence-electron chi connectivity index (χ3n) is 4.45. The summed E-state index contributed by atoms with van der Waals surface area (Å²) in [5, 5.41) is 0. The first kappa shape index (κ1) is 11.1. The highest BCUT2D eigenvalue weighted by atomic mass is 16.2. The average molecular weight is 236 g/mol. The Labute approximate surface area is 102 Å². The van der Waals surface area contributed by atoms with E-state index in [0.717, 1.165) is 39.0 Å². The lowest BCUT2D eigenvalue weighted by Crippen LogP contribution is -2.44. The fourth-order valence-corrected chi connectivity index (χ4v) is 3.51. The summed E-state index contributed by atoms with van der Waals surface area (Å²) in [5.74, 6) is 1.30. The molecule has 0 radical (unpaired) electrons. The molecule has 0 aromatic rings. The summed E-state index contributed by atoms with van der Waals surface area (Å²) in [5.41, 5.74) is 0. The average Bonchev–Trinajstić information content (AvgIpc) is 2.86. The van der Waals surface area contributed by atoms with E-state index in [4.69, 9.17) is 0 Å². The Bertz CT molecular complexity index is 320. The number of rotatable bonds is 0. The molecule has 2 atom stereocenters. The van der Waals surface area contributed by atoms with Crippen molar-refractivity contribution in [2.24, 2.45) is 11.8 Å². The first-order valence-corrected chi connectivity index (χ1v) is 6.79. The van der Waals surface area contributed by atoms with Crippen molar-refractivity contribution in [3.05, 3.63) is 0 Å². The fourth-order valence-electron chi connectivity index (χ4n) is 3.51. The van der Waals surface area contributed by atoms with Gasteiger partial charge in [0.15, 0.2) is 0 Å². The van der Waals surface area contributed by atoms with Crippen molar-refractivity contribution < 1.29 is 9.59 Å². The smallest absolute Gasteiger partial charge is 0.320 e. The molecule has 2 saturated heterocycles. The van der Waals surface area contributed by atoms with Gasteiger partial charge in [0.1, 0.15) is 5.78 Å². The Hall–Kier alpha value is -1.06. The van der Waals surface area contributed by atoms with Crippen LogP contribution in [0.1, 0.15) is 32.1 Å². The maximum atomic E-state index is 12.3. The van der Waals surface area contributed by atoms with Crippen molar-refractivity contribution in [3.63, 3.8) is 0 Å². The molecule has 0 spiro atoms. The highest BCUT2D eigenvalue weighted by Crippen LogP contribution is 2.36. The van der Waals surface area contributed by atoms with Gasteiger partial charge in [0, 0.05) is 39.0 Å². The van der Waals surface area contributed by atoms with Gasteiger partial charge in [0.05, 0.1) is 0 Å². The Morgan fingerprint density at radius 1 is 0.941 bits per heavy atom. The number of urea groups is 1. The summed E-state index contributed by atoms with van der Waals surface area (Å²) in [6.45, 7) is 3.46. The van der Waals surface area contributed by atoms with Crippen molar-refractivity contribution in [2.75, 3.05) is 26.2 Å². The number of Topliss-reactive ketones (excluding diaryl/α,β-unsaturated/α-hetero) is 1. The van der Waals surface area contributed by atoms with Crippen LogP contribution >= 0.6 is 0 Å². The third-order valence-corrected chi connectivity index (χ3v) is 4.45. The molecule has 1 aliphatic carbocycles. The van der Waals surface area contributed by atoms with E-state index in [2.05, 4.69) is 0 Å². The van der Waals surface area contributed by atoms with Crippen molar-refractivity contribution in [1.29, 1.82) is 0 Å². The van der Waals surface area contributed by atoms with E-state index in [1.165, 1.54) is 6.42 Å². The monoisotopic (exact) mass is 236 g/mol. The van der Waals surface area contributed by atoms with Crippen molar-refractivity contribution in [2.45, 2.75) is 32.1 Å². The molecule has 3 rings (SSSR count). The maximum Gasteiger partial charge on any atom is 0.320 e. The van der Waals surface area contributed by atoms with Crippen LogP contribution in [0.3, 0.4) is 0 Å². The molecule has 0 bridgehead atoms. The van der Waals surface area contributed by atoms with Crippen molar-refractivity contribution in [3.8, 4) is 0 Å². The van der Waals surface area contributed by atoms with Crippen LogP contribution in [0.2, 0.25) is 0 Å². The lowest BCUT2D eigenvalue weighted by Gasteiger charge is -2.31. The minimum atomic E-state index is 0.214. The first-order valence-electron chi connectivity index (χ1n) is 6.79. The number of hydrogen-bond acceptors (Lipinski definition) is 2. The topological polar surface area (TPSA) is 40.6 Å². The summed E-state index contributed by atoms with van der Waals surface area (Å²) in [6, 6.07) is 0.214. The molecule has 1 saturated carbocycles. The summed E-state index contributed by atoms with van der Waals surface area (Å²) in [6.07, 6.45) is 4.95. The number of nitrogens with zero attached hydrogens (tertiary/aromatic N) is 2. The zero-order valence-electron chi connectivity index (χ0n) is 10.2. The van der Waals surface area contributed by atoms with Crippen LogP contribution < -0.4 is 0 Å². The Morgan fingerprint density at radius 3 is 2.12 bits per heavy atom. The van der Waals surface area contributed by atoms with Gasteiger partial charge in [-0.3, -0.25) is 4.79 Å². The van der Waals surface area contributed by atoms with Crippen LogP contribution in [0.4, 0.5) is 4.79 Å². The number of likely N-dealkylation sites (tertiary alicyclic amines) is 2. The third kappa shape index (κ3) is 2.05. The van der Waals surface area contributed by atoms with Crippen LogP contribution in [0, 0.1) is 11.8 Å². The molecular formula is C13H20N2O2. The van der Waals surface area contributed by atoms with Gasteiger partial charge in [0.25, 0.3) is 0 Å². The van der Waals surface area contributed by atoms with Gasteiger partial charge in [-0.25, -0.2) is 4.79 Å². The number of amides is 2. The van der Waals surface area contributed by atoms with Gasteiger partial charge < -0.3 is 9.80 Å². The van der Waals surface area contributed by atoms with E-state index in [-0.39, 0.29) is 6.03 Å². The molecule has 3 aliphatic rings. The second-order valence-electron chi connectivity index (χ2n) is 5.70. The molecule has 4 heteroatoms. The van der Waals surface area contributed by atoms with E-state index in [9.17, 15) is 9.59 Å². The highest BCUT2D eigenvalue weighted by Gasteiger charge is 2.42. The van der Waals surface area contributed by atoms with Gasteiger partial charge >= 0.3 is 6.03 Å². The quantitative estimate of drug-likeness (QED) is 0.639. The van der Waals surface area contributed by atoms with E-state index < -0.39 is 0 Å². The number of piperidine rings is 1. The van der Waals surface area contributed by atoms with Crippen LogP contribution in [0.15, 0.2) is 0 Å². The highest BCUT2D eigenvalue weighted by molar-refractivity contribution is 5.82. The van der Waals surface area contributed by atoms with Crippen molar-refractivity contribution in [1.82, 2.24) is 9.80 Å². The number of hydrogen-bond donors (Lipinski definition) is 0. The predicted octanol–water partition coefficient (Wildman–Crippen LogP) is 1.50. The minimum absolute atomic E-state index is 0.214. The minimum Gasteiger partial charge on any atom is -0.325 e. The Kier molecular flexibility index (Phi) is 2.81. The van der Waals surface area contributed by atoms with E-state index in [1.54, 1.807) is 0 Å². The van der Waals surface area contributed by atoms with Gasteiger partial charge in [-0.2, -0.15) is 0 Å². The van der Waals surface area contributed by atoms with Crippen LogP contribution in [-0.4, -0.2) is 47.8 Å². The van der Waals surface area contributed by atoms with Gasteiger partial charge in [0.2, 0.25) is 0 Å².